The fourth-order valence-corrected chi connectivity index (χ4v) is 4.11. The molecule has 1 fully saturated rings. The van der Waals surface area contributed by atoms with Crippen LogP contribution < -0.4 is 5.32 Å². The highest BCUT2D eigenvalue weighted by atomic mass is 32.2. The minimum absolute atomic E-state index is 0.0313. The van der Waals surface area contributed by atoms with Crippen molar-refractivity contribution in [1.29, 1.82) is 0 Å². The number of nitrogens with zero attached hydrogens (tertiary/aromatic N) is 3. The molecule has 0 atom stereocenters. The summed E-state index contributed by atoms with van der Waals surface area (Å²) in [7, 11) is -1.54. The predicted octanol–water partition coefficient (Wildman–Crippen LogP) is 1.36. The zero-order chi connectivity index (χ0) is 15.7. The van der Waals surface area contributed by atoms with Crippen molar-refractivity contribution in [2.75, 3.05) is 20.1 Å². The molecule has 1 aromatic heterocycles. The van der Waals surface area contributed by atoms with Crippen LogP contribution in [0.5, 0.6) is 0 Å². The Kier molecular flexibility index (Phi) is 4.75. The molecule has 1 aromatic rings. The van der Waals surface area contributed by atoms with Gasteiger partial charge in [-0.05, 0) is 40.2 Å². The lowest BCUT2D eigenvalue weighted by molar-refractivity contribution is 0.219. The van der Waals surface area contributed by atoms with E-state index in [-0.39, 0.29) is 10.6 Å². The number of imidazole rings is 1. The van der Waals surface area contributed by atoms with Gasteiger partial charge in [0, 0.05) is 31.4 Å². The standard InChI is InChI=1S/C14H26N4O2S/c1-5-8-17-11-13(16-12(17)2)21(19,20)18-9-6-14(3,15-4)7-10-18/h11,15H,5-10H2,1-4H3. The molecule has 2 heterocycles. The van der Waals surface area contributed by atoms with E-state index >= 15 is 0 Å². The zero-order valence-electron chi connectivity index (χ0n) is 13.4. The molecule has 1 N–H and O–H groups in total. The smallest absolute Gasteiger partial charge is 0.262 e. The van der Waals surface area contributed by atoms with Crippen molar-refractivity contribution in [3.63, 3.8) is 0 Å². The summed E-state index contributed by atoms with van der Waals surface area (Å²) >= 11 is 0. The van der Waals surface area contributed by atoms with Gasteiger partial charge in [-0.3, -0.25) is 0 Å². The summed E-state index contributed by atoms with van der Waals surface area (Å²) in [6.07, 6.45) is 4.26. The Morgan fingerprint density at radius 1 is 1.38 bits per heavy atom. The SMILES string of the molecule is CCCn1cc(S(=O)(=O)N2CCC(C)(NC)CC2)nc1C. The number of piperidine rings is 1. The van der Waals surface area contributed by atoms with Gasteiger partial charge in [0.2, 0.25) is 0 Å². The summed E-state index contributed by atoms with van der Waals surface area (Å²) in [6.45, 7) is 7.93. The molecular weight excluding hydrogens is 288 g/mol. The van der Waals surface area contributed by atoms with E-state index in [0.717, 1.165) is 31.6 Å². The second-order valence-electron chi connectivity index (χ2n) is 6.03. The molecule has 7 heteroatoms. The van der Waals surface area contributed by atoms with Crippen LogP contribution in [0, 0.1) is 6.92 Å². The van der Waals surface area contributed by atoms with Crippen LogP contribution >= 0.6 is 0 Å². The molecule has 0 unspecified atom stereocenters. The Balaban J connectivity index is 2.17. The lowest BCUT2D eigenvalue weighted by Gasteiger charge is -2.38. The quantitative estimate of drug-likeness (QED) is 0.891. The number of sulfonamides is 1. The summed E-state index contributed by atoms with van der Waals surface area (Å²) in [5.41, 5.74) is 0.0313. The number of hydrogen-bond acceptors (Lipinski definition) is 4. The van der Waals surface area contributed by atoms with Gasteiger partial charge in [0.15, 0.2) is 5.03 Å². The maximum Gasteiger partial charge on any atom is 0.262 e. The van der Waals surface area contributed by atoms with Crippen LogP contribution in [0.2, 0.25) is 0 Å². The number of hydrogen-bond donors (Lipinski definition) is 1. The molecule has 6 nitrogen and oxygen atoms in total. The third-order valence-corrected chi connectivity index (χ3v) is 6.22. The summed E-state index contributed by atoms with van der Waals surface area (Å²) in [4.78, 5) is 4.25. The van der Waals surface area contributed by atoms with Crippen LogP contribution in [0.15, 0.2) is 11.2 Å². The molecule has 0 radical (unpaired) electrons. The zero-order valence-corrected chi connectivity index (χ0v) is 14.2. The van der Waals surface area contributed by atoms with E-state index in [1.807, 2.05) is 18.5 Å². The third-order valence-electron chi connectivity index (χ3n) is 4.45. The van der Waals surface area contributed by atoms with E-state index < -0.39 is 10.0 Å². The second-order valence-corrected chi connectivity index (χ2v) is 7.92. The largest absolute Gasteiger partial charge is 0.334 e. The lowest BCUT2D eigenvalue weighted by atomic mass is 9.91. The van der Waals surface area contributed by atoms with Crippen LogP contribution in [-0.4, -0.2) is 48.0 Å². The van der Waals surface area contributed by atoms with Crippen LogP contribution in [0.25, 0.3) is 0 Å². The highest BCUT2D eigenvalue weighted by Crippen LogP contribution is 2.25. The molecule has 0 saturated carbocycles. The average Bonchev–Trinajstić information content (AvgIpc) is 2.82. The first-order chi connectivity index (χ1) is 9.82. The molecule has 120 valence electrons. The fraction of sp³-hybridized carbons (Fsp3) is 0.786. The normalized spacial score (nSPS) is 19.8. The van der Waals surface area contributed by atoms with E-state index in [1.54, 1.807) is 10.5 Å². The summed E-state index contributed by atoms with van der Waals surface area (Å²) in [5.74, 6) is 0.757. The van der Waals surface area contributed by atoms with Crippen molar-refractivity contribution >= 4 is 10.0 Å². The van der Waals surface area contributed by atoms with Gasteiger partial charge in [-0.2, -0.15) is 4.31 Å². The van der Waals surface area contributed by atoms with E-state index in [1.165, 1.54) is 0 Å². The Labute approximate surface area is 127 Å². The molecule has 1 saturated heterocycles. The molecule has 0 amide bonds. The minimum atomic E-state index is -3.47. The molecule has 21 heavy (non-hydrogen) atoms. The topological polar surface area (TPSA) is 67.2 Å². The van der Waals surface area contributed by atoms with Gasteiger partial charge in [0.25, 0.3) is 10.0 Å². The summed E-state index contributed by atoms with van der Waals surface area (Å²) in [5, 5.41) is 3.46. The Hall–Kier alpha value is -0.920. The molecule has 2 rings (SSSR count). The fourth-order valence-electron chi connectivity index (χ4n) is 2.67. The van der Waals surface area contributed by atoms with Gasteiger partial charge in [0.05, 0.1) is 0 Å². The third kappa shape index (κ3) is 3.30. The number of nitrogens with one attached hydrogen (secondary N) is 1. The Bertz CT molecular complexity index is 586. The molecule has 0 aliphatic carbocycles. The van der Waals surface area contributed by atoms with Crippen LogP contribution in [0.4, 0.5) is 0 Å². The van der Waals surface area contributed by atoms with E-state index in [4.69, 9.17) is 0 Å². The van der Waals surface area contributed by atoms with Crippen LogP contribution in [0.3, 0.4) is 0 Å². The minimum Gasteiger partial charge on any atom is -0.334 e. The average molecular weight is 314 g/mol. The Morgan fingerprint density at radius 2 is 2.00 bits per heavy atom. The van der Waals surface area contributed by atoms with Crippen molar-refractivity contribution in [2.24, 2.45) is 0 Å². The van der Waals surface area contributed by atoms with Crippen molar-refractivity contribution < 1.29 is 8.42 Å². The first-order valence-electron chi connectivity index (χ1n) is 7.55. The lowest BCUT2D eigenvalue weighted by Crippen LogP contribution is -2.51. The molecule has 0 spiro atoms. The highest BCUT2D eigenvalue weighted by molar-refractivity contribution is 7.89. The molecule has 1 aliphatic heterocycles. The summed E-state index contributed by atoms with van der Waals surface area (Å²) in [6, 6.07) is 0. The van der Waals surface area contributed by atoms with Crippen molar-refractivity contribution in [3.8, 4) is 0 Å². The van der Waals surface area contributed by atoms with Gasteiger partial charge < -0.3 is 9.88 Å². The van der Waals surface area contributed by atoms with Gasteiger partial charge in [-0.25, -0.2) is 13.4 Å². The number of rotatable bonds is 5. The summed E-state index contributed by atoms with van der Waals surface area (Å²) < 4.78 is 28.8. The second kappa shape index (κ2) is 6.06. The predicted molar refractivity (Wildman–Crippen MR) is 82.7 cm³/mol. The van der Waals surface area contributed by atoms with E-state index in [0.29, 0.717) is 13.1 Å². The van der Waals surface area contributed by atoms with Crippen molar-refractivity contribution in [1.82, 2.24) is 19.2 Å². The van der Waals surface area contributed by atoms with Crippen LogP contribution in [0.1, 0.15) is 38.9 Å². The molecular formula is C14H26N4O2S. The maximum absolute atomic E-state index is 12.7. The Morgan fingerprint density at radius 3 is 2.52 bits per heavy atom. The van der Waals surface area contributed by atoms with Crippen LogP contribution in [-0.2, 0) is 16.6 Å². The van der Waals surface area contributed by atoms with Gasteiger partial charge in [0.1, 0.15) is 5.82 Å². The van der Waals surface area contributed by atoms with E-state index in [9.17, 15) is 8.42 Å². The first kappa shape index (κ1) is 16.5. The molecule has 0 aromatic carbocycles. The molecule has 0 bridgehead atoms. The number of aromatic nitrogens is 2. The van der Waals surface area contributed by atoms with E-state index in [2.05, 4.69) is 24.1 Å². The molecule has 1 aliphatic rings. The maximum atomic E-state index is 12.7. The van der Waals surface area contributed by atoms with Gasteiger partial charge >= 0.3 is 0 Å². The monoisotopic (exact) mass is 314 g/mol. The highest BCUT2D eigenvalue weighted by Gasteiger charge is 2.35. The van der Waals surface area contributed by atoms with Gasteiger partial charge in [-0.15, -0.1) is 0 Å². The number of aryl methyl sites for hydroxylation is 2. The van der Waals surface area contributed by atoms with Crippen molar-refractivity contribution in [2.45, 2.75) is 57.1 Å². The van der Waals surface area contributed by atoms with Crippen molar-refractivity contribution in [3.05, 3.63) is 12.0 Å². The van der Waals surface area contributed by atoms with Gasteiger partial charge in [-0.1, -0.05) is 6.92 Å². The first-order valence-corrected chi connectivity index (χ1v) is 8.99.